The van der Waals surface area contributed by atoms with Gasteiger partial charge in [-0.15, -0.1) is 0 Å². The van der Waals surface area contributed by atoms with Gasteiger partial charge >= 0.3 is 5.97 Å². The van der Waals surface area contributed by atoms with Gasteiger partial charge in [0.05, 0.1) is 13.2 Å². The van der Waals surface area contributed by atoms with Gasteiger partial charge in [-0.05, 0) is 18.8 Å². The average Bonchev–Trinajstić information content (AvgIpc) is 2.53. The van der Waals surface area contributed by atoms with Gasteiger partial charge in [0.15, 0.2) is 6.04 Å². The zero-order chi connectivity index (χ0) is 15.2. The van der Waals surface area contributed by atoms with Crippen LogP contribution < -0.4 is 0 Å². The maximum absolute atomic E-state index is 12.7. The Labute approximate surface area is 126 Å². The molecule has 0 radical (unpaired) electrons. The molecule has 5 heteroatoms. The van der Waals surface area contributed by atoms with Gasteiger partial charge in [0.1, 0.15) is 0 Å². The first kappa shape index (κ1) is 16.3. The SMILES string of the molecule is CCC(CC1CCCCC1)C(=O)N1CCOCC1C(=O)O. The number of carboxylic acid groups (broad SMARTS) is 1. The lowest BCUT2D eigenvalue weighted by Gasteiger charge is -2.36. The molecule has 120 valence electrons. The van der Waals surface area contributed by atoms with E-state index in [2.05, 4.69) is 0 Å². The van der Waals surface area contributed by atoms with E-state index < -0.39 is 12.0 Å². The molecule has 21 heavy (non-hydrogen) atoms. The van der Waals surface area contributed by atoms with Crippen LogP contribution in [0.1, 0.15) is 51.9 Å². The number of rotatable bonds is 5. The van der Waals surface area contributed by atoms with E-state index in [1.165, 1.54) is 37.0 Å². The van der Waals surface area contributed by atoms with Crippen LogP contribution in [0.15, 0.2) is 0 Å². The molecule has 1 aliphatic carbocycles. The second-order valence-electron chi connectivity index (χ2n) is 6.31. The number of amides is 1. The molecule has 1 saturated heterocycles. The van der Waals surface area contributed by atoms with Crippen molar-refractivity contribution < 1.29 is 19.4 Å². The standard InChI is InChI=1S/C16H27NO4/c1-2-13(10-12-6-4-3-5-7-12)15(18)17-8-9-21-11-14(17)16(19)20/h12-14H,2-11H2,1H3,(H,19,20). The number of ether oxygens (including phenoxy) is 1. The van der Waals surface area contributed by atoms with Crippen molar-refractivity contribution in [2.24, 2.45) is 11.8 Å². The van der Waals surface area contributed by atoms with Crippen LogP contribution in [0.3, 0.4) is 0 Å². The lowest BCUT2D eigenvalue weighted by atomic mass is 9.81. The Bertz CT molecular complexity index is 365. The molecule has 1 aliphatic heterocycles. The molecule has 0 aromatic carbocycles. The molecule has 2 atom stereocenters. The number of carbonyl (C=O) groups is 2. The van der Waals surface area contributed by atoms with Crippen molar-refractivity contribution in [1.82, 2.24) is 4.90 Å². The van der Waals surface area contributed by atoms with Crippen LogP contribution in [0.5, 0.6) is 0 Å². The van der Waals surface area contributed by atoms with E-state index in [0.29, 0.717) is 19.1 Å². The van der Waals surface area contributed by atoms with Crippen molar-refractivity contribution in [2.45, 2.75) is 57.9 Å². The largest absolute Gasteiger partial charge is 0.480 e. The van der Waals surface area contributed by atoms with Crippen molar-refractivity contribution in [2.75, 3.05) is 19.8 Å². The van der Waals surface area contributed by atoms with E-state index >= 15 is 0 Å². The van der Waals surface area contributed by atoms with E-state index in [1.807, 2.05) is 6.92 Å². The second-order valence-corrected chi connectivity index (χ2v) is 6.31. The average molecular weight is 297 g/mol. The fourth-order valence-electron chi connectivity index (χ4n) is 3.57. The number of nitrogens with zero attached hydrogens (tertiary/aromatic N) is 1. The highest BCUT2D eigenvalue weighted by atomic mass is 16.5. The highest BCUT2D eigenvalue weighted by molar-refractivity contribution is 5.85. The molecule has 1 saturated carbocycles. The highest BCUT2D eigenvalue weighted by Gasteiger charge is 2.36. The van der Waals surface area contributed by atoms with Crippen molar-refractivity contribution in [3.63, 3.8) is 0 Å². The summed E-state index contributed by atoms with van der Waals surface area (Å²) in [6.45, 7) is 2.98. The first-order chi connectivity index (χ1) is 10.1. The molecule has 2 rings (SSSR count). The molecule has 2 aliphatic rings. The Hall–Kier alpha value is -1.10. The lowest BCUT2D eigenvalue weighted by molar-refractivity contribution is -0.160. The van der Waals surface area contributed by atoms with Gasteiger partial charge in [0.2, 0.25) is 5.91 Å². The van der Waals surface area contributed by atoms with Gasteiger partial charge in [0.25, 0.3) is 0 Å². The molecule has 0 bridgehead atoms. The van der Waals surface area contributed by atoms with Crippen LogP contribution in [-0.2, 0) is 14.3 Å². The summed E-state index contributed by atoms with van der Waals surface area (Å²) in [5, 5.41) is 9.26. The summed E-state index contributed by atoms with van der Waals surface area (Å²) in [7, 11) is 0. The molecule has 1 N–H and O–H groups in total. The number of hydrogen-bond acceptors (Lipinski definition) is 3. The number of morpholine rings is 1. The van der Waals surface area contributed by atoms with Crippen LogP contribution in [0.4, 0.5) is 0 Å². The van der Waals surface area contributed by atoms with Gasteiger partial charge in [-0.2, -0.15) is 0 Å². The minimum Gasteiger partial charge on any atom is -0.480 e. The molecule has 1 amide bonds. The highest BCUT2D eigenvalue weighted by Crippen LogP contribution is 2.31. The fourth-order valence-corrected chi connectivity index (χ4v) is 3.57. The smallest absolute Gasteiger partial charge is 0.328 e. The van der Waals surface area contributed by atoms with Crippen molar-refractivity contribution >= 4 is 11.9 Å². The van der Waals surface area contributed by atoms with Gasteiger partial charge in [0, 0.05) is 12.5 Å². The summed E-state index contributed by atoms with van der Waals surface area (Å²) in [5.41, 5.74) is 0. The summed E-state index contributed by atoms with van der Waals surface area (Å²) in [4.78, 5) is 25.6. The number of carboxylic acids is 1. The maximum Gasteiger partial charge on any atom is 0.328 e. The van der Waals surface area contributed by atoms with Gasteiger partial charge in [-0.1, -0.05) is 39.0 Å². The van der Waals surface area contributed by atoms with E-state index in [0.717, 1.165) is 12.8 Å². The lowest BCUT2D eigenvalue weighted by Crippen LogP contribution is -2.54. The number of aliphatic carboxylic acids is 1. The molecule has 1 heterocycles. The molecule has 5 nitrogen and oxygen atoms in total. The Balaban J connectivity index is 1.98. The normalized spacial score (nSPS) is 25.6. The zero-order valence-corrected chi connectivity index (χ0v) is 12.9. The third-order valence-electron chi connectivity index (χ3n) is 4.88. The van der Waals surface area contributed by atoms with Crippen molar-refractivity contribution in [3.8, 4) is 0 Å². The fraction of sp³-hybridized carbons (Fsp3) is 0.875. The van der Waals surface area contributed by atoms with Gasteiger partial charge in [-0.25, -0.2) is 4.79 Å². The minimum atomic E-state index is -0.962. The Kier molecular flexibility index (Phi) is 6.03. The molecule has 0 aromatic heterocycles. The molecule has 0 aromatic rings. The van der Waals surface area contributed by atoms with E-state index in [9.17, 15) is 14.7 Å². The molecule has 2 unspecified atom stereocenters. The maximum atomic E-state index is 12.7. The third kappa shape index (κ3) is 4.19. The summed E-state index contributed by atoms with van der Waals surface area (Å²) < 4.78 is 5.21. The second kappa shape index (κ2) is 7.78. The molecular weight excluding hydrogens is 270 g/mol. The predicted octanol–water partition coefficient (Wildman–Crippen LogP) is 2.29. The zero-order valence-electron chi connectivity index (χ0n) is 12.9. The van der Waals surface area contributed by atoms with E-state index in [-0.39, 0.29) is 18.4 Å². The summed E-state index contributed by atoms with van der Waals surface area (Å²) in [6.07, 6.45) is 7.99. The van der Waals surface area contributed by atoms with Gasteiger partial charge in [-0.3, -0.25) is 4.79 Å². The van der Waals surface area contributed by atoms with Crippen LogP contribution in [0.25, 0.3) is 0 Å². The van der Waals surface area contributed by atoms with Crippen LogP contribution in [0.2, 0.25) is 0 Å². The van der Waals surface area contributed by atoms with Crippen LogP contribution in [-0.4, -0.2) is 47.7 Å². The van der Waals surface area contributed by atoms with Crippen molar-refractivity contribution in [3.05, 3.63) is 0 Å². The summed E-state index contributed by atoms with van der Waals surface area (Å²) >= 11 is 0. The molecule has 0 spiro atoms. The molecule has 2 fully saturated rings. The predicted molar refractivity (Wildman–Crippen MR) is 78.9 cm³/mol. The van der Waals surface area contributed by atoms with Gasteiger partial charge < -0.3 is 14.7 Å². The number of carbonyl (C=O) groups excluding carboxylic acids is 1. The quantitative estimate of drug-likeness (QED) is 0.845. The Morgan fingerprint density at radius 3 is 2.62 bits per heavy atom. The Morgan fingerprint density at radius 1 is 1.29 bits per heavy atom. The van der Waals surface area contributed by atoms with E-state index in [4.69, 9.17) is 4.74 Å². The first-order valence-electron chi connectivity index (χ1n) is 8.24. The summed E-state index contributed by atoms with van der Waals surface area (Å²) in [6, 6.07) is -0.813. The third-order valence-corrected chi connectivity index (χ3v) is 4.88. The molecular formula is C16H27NO4. The van der Waals surface area contributed by atoms with Crippen LogP contribution in [0, 0.1) is 11.8 Å². The topological polar surface area (TPSA) is 66.8 Å². The minimum absolute atomic E-state index is 0.0128. The Morgan fingerprint density at radius 2 is 2.00 bits per heavy atom. The monoisotopic (exact) mass is 297 g/mol. The number of hydrogen-bond donors (Lipinski definition) is 1. The first-order valence-corrected chi connectivity index (χ1v) is 8.24. The summed E-state index contributed by atoms with van der Waals surface area (Å²) in [5.74, 6) is -0.348. The van der Waals surface area contributed by atoms with Crippen molar-refractivity contribution in [1.29, 1.82) is 0 Å². The van der Waals surface area contributed by atoms with Crippen LogP contribution >= 0.6 is 0 Å². The van der Waals surface area contributed by atoms with E-state index in [1.54, 1.807) is 0 Å².